The average Bonchev–Trinajstić information content (AvgIpc) is 2.60. The molecule has 0 N–H and O–H groups in total. The number of nitrogens with zero attached hydrogens (tertiary/aromatic N) is 1. The molecule has 1 heterocycles. The fourth-order valence-corrected chi connectivity index (χ4v) is 5.32. The van der Waals surface area contributed by atoms with Crippen LogP contribution in [0.25, 0.3) is 0 Å². The average molecular weight is 365 g/mol. The van der Waals surface area contributed by atoms with Crippen molar-refractivity contribution in [2.45, 2.75) is 16.7 Å². The lowest BCUT2D eigenvalue weighted by molar-refractivity contribution is 0.387. The Morgan fingerprint density at radius 1 is 1.08 bits per heavy atom. The van der Waals surface area contributed by atoms with E-state index in [1.165, 1.54) is 4.31 Å². The van der Waals surface area contributed by atoms with Gasteiger partial charge in [-0.15, -0.1) is 11.8 Å². The Morgan fingerprint density at radius 3 is 2.42 bits per heavy atom. The number of aryl methyl sites for hydroxylation is 1. The number of hydrogen-bond acceptors (Lipinski definition) is 5. The Kier molecular flexibility index (Phi) is 4.64. The fourth-order valence-electron chi connectivity index (χ4n) is 2.60. The van der Waals surface area contributed by atoms with Crippen LogP contribution < -0.4 is 13.8 Å². The van der Waals surface area contributed by atoms with Crippen molar-refractivity contribution >= 4 is 27.5 Å². The zero-order chi connectivity index (χ0) is 17.3. The first kappa shape index (κ1) is 17.0. The van der Waals surface area contributed by atoms with Crippen LogP contribution in [0.3, 0.4) is 0 Å². The molecule has 0 atom stereocenters. The van der Waals surface area contributed by atoms with Crippen LogP contribution >= 0.6 is 11.8 Å². The van der Waals surface area contributed by atoms with Gasteiger partial charge in [0, 0.05) is 24.4 Å². The van der Waals surface area contributed by atoms with Crippen molar-refractivity contribution in [1.82, 2.24) is 0 Å². The molecule has 0 amide bonds. The van der Waals surface area contributed by atoms with Gasteiger partial charge in [-0.3, -0.25) is 4.31 Å². The smallest absolute Gasteiger partial charge is 0.264 e. The van der Waals surface area contributed by atoms with E-state index in [0.29, 0.717) is 29.5 Å². The number of ether oxygens (including phenoxy) is 2. The van der Waals surface area contributed by atoms with Gasteiger partial charge < -0.3 is 9.47 Å². The quantitative estimate of drug-likeness (QED) is 0.832. The van der Waals surface area contributed by atoms with Gasteiger partial charge in [0.15, 0.2) is 0 Å². The van der Waals surface area contributed by atoms with Crippen LogP contribution in [0.2, 0.25) is 0 Å². The van der Waals surface area contributed by atoms with Gasteiger partial charge in [0.25, 0.3) is 10.0 Å². The Bertz CT molecular complexity index is 848. The Balaban J connectivity index is 2.13. The minimum Gasteiger partial charge on any atom is -0.497 e. The van der Waals surface area contributed by atoms with E-state index < -0.39 is 10.0 Å². The number of fused-ring (bicyclic) bond motifs is 1. The zero-order valence-electron chi connectivity index (χ0n) is 13.8. The lowest BCUT2D eigenvalue weighted by atomic mass is 10.2. The summed E-state index contributed by atoms with van der Waals surface area (Å²) in [5.41, 5.74) is 1.62. The predicted octanol–water partition coefficient (Wildman–Crippen LogP) is 3.31. The molecule has 2 aromatic carbocycles. The number of sulfonamides is 1. The van der Waals surface area contributed by atoms with Crippen molar-refractivity contribution in [3.05, 3.63) is 42.0 Å². The maximum Gasteiger partial charge on any atom is 0.264 e. The van der Waals surface area contributed by atoms with Gasteiger partial charge >= 0.3 is 0 Å². The lowest BCUT2D eigenvalue weighted by Crippen LogP contribution is -2.35. The Hall–Kier alpha value is -1.86. The summed E-state index contributed by atoms with van der Waals surface area (Å²) in [6.07, 6.45) is 0. The van der Waals surface area contributed by atoms with Crippen LogP contribution in [-0.4, -0.2) is 34.9 Å². The third kappa shape index (κ3) is 2.93. The summed E-state index contributed by atoms with van der Waals surface area (Å²) in [7, 11) is -0.509. The summed E-state index contributed by atoms with van der Waals surface area (Å²) >= 11 is 1.59. The van der Waals surface area contributed by atoms with Crippen molar-refractivity contribution < 1.29 is 17.9 Å². The molecule has 0 radical (unpaired) electrons. The number of benzene rings is 2. The standard InChI is InChI=1S/C17H19NO4S2/c1-12-4-6-14(7-5-12)24(19,20)18-8-9-23-17-15(18)10-13(21-2)11-16(17)22-3/h4-7,10-11H,8-9H2,1-3H3. The molecule has 0 aromatic heterocycles. The lowest BCUT2D eigenvalue weighted by Gasteiger charge is -2.31. The summed E-state index contributed by atoms with van der Waals surface area (Å²) in [6.45, 7) is 2.34. The summed E-state index contributed by atoms with van der Waals surface area (Å²) in [4.78, 5) is 1.10. The zero-order valence-corrected chi connectivity index (χ0v) is 15.4. The van der Waals surface area contributed by atoms with Crippen molar-refractivity contribution in [2.75, 3.05) is 30.8 Å². The molecule has 0 aliphatic carbocycles. The highest BCUT2D eigenvalue weighted by molar-refractivity contribution is 8.00. The molecule has 5 nitrogen and oxygen atoms in total. The maximum atomic E-state index is 13.1. The second-order valence-corrected chi connectivity index (χ2v) is 8.38. The largest absolute Gasteiger partial charge is 0.497 e. The summed E-state index contributed by atoms with van der Waals surface area (Å²) in [5.74, 6) is 1.86. The highest BCUT2D eigenvalue weighted by Gasteiger charge is 2.31. The van der Waals surface area contributed by atoms with Crippen molar-refractivity contribution in [2.24, 2.45) is 0 Å². The number of thioether (sulfide) groups is 1. The van der Waals surface area contributed by atoms with E-state index in [4.69, 9.17) is 9.47 Å². The minimum absolute atomic E-state index is 0.285. The Labute approximate surface area is 146 Å². The van der Waals surface area contributed by atoms with Crippen molar-refractivity contribution in [1.29, 1.82) is 0 Å². The first-order chi connectivity index (χ1) is 11.5. The molecule has 0 bridgehead atoms. The first-order valence-corrected chi connectivity index (χ1v) is 9.88. The van der Waals surface area contributed by atoms with Crippen LogP contribution in [0.4, 0.5) is 5.69 Å². The summed E-state index contributed by atoms with van der Waals surface area (Å²) in [6, 6.07) is 10.4. The van der Waals surface area contributed by atoms with Crippen molar-refractivity contribution in [3.63, 3.8) is 0 Å². The number of hydrogen-bond donors (Lipinski definition) is 0. The summed E-state index contributed by atoms with van der Waals surface area (Å²) in [5, 5.41) is 0. The molecule has 0 spiro atoms. The molecular weight excluding hydrogens is 346 g/mol. The van der Waals surface area contributed by atoms with Crippen LogP contribution in [0, 0.1) is 6.92 Å². The van der Waals surface area contributed by atoms with Crippen LogP contribution in [0.15, 0.2) is 46.2 Å². The number of anilines is 1. The Morgan fingerprint density at radius 2 is 1.79 bits per heavy atom. The molecule has 7 heteroatoms. The SMILES string of the molecule is COc1cc(OC)c2c(c1)N(S(=O)(=O)c1ccc(C)cc1)CCS2. The molecule has 0 saturated carbocycles. The monoisotopic (exact) mass is 365 g/mol. The van der Waals surface area contributed by atoms with E-state index >= 15 is 0 Å². The highest BCUT2D eigenvalue weighted by Crippen LogP contribution is 2.45. The van der Waals surface area contributed by atoms with Gasteiger partial charge in [-0.05, 0) is 19.1 Å². The molecule has 1 aliphatic rings. The van der Waals surface area contributed by atoms with Crippen LogP contribution in [-0.2, 0) is 10.0 Å². The van der Waals surface area contributed by atoms with Crippen LogP contribution in [0.1, 0.15) is 5.56 Å². The molecule has 0 saturated heterocycles. The van der Waals surface area contributed by atoms with E-state index in [0.717, 1.165) is 10.5 Å². The van der Waals surface area contributed by atoms with Gasteiger partial charge in [0.05, 0.1) is 29.7 Å². The van der Waals surface area contributed by atoms with Gasteiger partial charge in [0.1, 0.15) is 11.5 Å². The summed E-state index contributed by atoms with van der Waals surface area (Å²) < 4.78 is 38.3. The molecule has 24 heavy (non-hydrogen) atoms. The van der Waals surface area contributed by atoms with E-state index in [2.05, 4.69) is 0 Å². The van der Waals surface area contributed by atoms with Gasteiger partial charge in [0.2, 0.25) is 0 Å². The number of methoxy groups -OCH3 is 2. The maximum absolute atomic E-state index is 13.1. The normalized spacial score (nSPS) is 14.2. The molecule has 0 fully saturated rings. The number of rotatable bonds is 4. The topological polar surface area (TPSA) is 55.8 Å². The molecule has 1 aliphatic heterocycles. The van der Waals surface area contributed by atoms with E-state index in [-0.39, 0.29) is 4.90 Å². The van der Waals surface area contributed by atoms with Crippen molar-refractivity contribution in [3.8, 4) is 11.5 Å². The molecule has 0 unspecified atom stereocenters. The fraction of sp³-hybridized carbons (Fsp3) is 0.294. The second-order valence-electron chi connectivity index (χ2n) is 5.42. The molecular formula is C17H19NO4S2. The van der Waals surface area contributed by atoms with Crippen LogP contribution in [0.5, 0.6) is 11.5 Å². The third-order valence-corrected chi connectivity index (χ3v) is 6.80. The van der Waals surface area contributed by atoms with Gasteiger partial charge in [-0.25, -0.2) is 8.42 Å². The van der Waals surface area contributed by atoms with E-state index in [1.807, 2.05) is 6.92 Å². The minimum atomic E-state index is -3.63. The molecule has 3 rings (SSSR count). The van der Waals surface area contributed by atoms with Gasteiger partial charge in [-0.1, -0.05) is 17.7 Å². The third-order valence-electron chi connectivity index (χ3n) is 3.88. The first-order valence-electron chi connectivity index (χ1n) is 7.45. The van der Waals surface area contributed by atoms with E-state index in [1.54, 1.807) is 62.4 Å². The second kappa shape index (κ2) is 6.57. The molecule has 128 valence electrons. The van der Waals surface area contributed by atoms with E-state index in [9.17, 15) is 8.42 Å². The predicted molar refractivity (Wildman–Crippen MR) is 96.0 cm³/mol. The highest BCUT2D eigenvalue weighted by atomic mass is 32.2. The van der Waals surface area contributed by atoms with Gasteiger partial charge in [-0.2, -0.15) is 0 Å². The molecule has 2 aromatic rings.